The number of aliphatic hydroxyl groups is 1. The van der Waals surface area contributed by atoms with Crippen molar-refractivity contribution in [3.8, 4) is 0 Å². The van der Waals surface area contributed by atoms with E-state index >= 15 is 0 Å². The minimum Gasteiger partial charge on any atom is -0.395 e. The first kappa shape index (κ1) is 12.0. The summed E-state index contributed by atoms with van der Waals surface area (Å²) in [6.45, 7) is 2.53. The van der Waals surface area contributed by atoms with Crippen molar-refractivity contribution in [2.45, 2.75) is 70.4 Å². The van der Waals surface area contributed by atoms with Gasteiger partial charge in [0, 0.05) is 12.1 Å². The van der Waals surface area contributed by atoms with Gasteiger partial charge in [-0.2, -0.15) is 0 Å². The van der Waals surface area contributed by atoms with E-state index in [1.807, 2.05) is 0 Å². The summed E-state index contributed by atoms with van der Waals surface area (Å²) in [5.74, 6) is 0. The molecule has 2 N–H and O–H groups in total. The Morgan fingerprint density at radius 1 is 1.29 bits per heavy atom. The summed E-state index contributed by atoms with van der Waals surface area (Å²) in [5, 5.41) is 12.8. The number of rotatable bonds is 7. The van der Waals surface area contributed by atoms with Crippen molar-refractivity contribution in [1.82, 2.24) is 5.32 Å². The maximum atomic E-state index is 9.22. The zero-order chi connectivity index (χ0) is 10.2. The molecule has 2 nitrogen and oxygen atoms in total. The van der Waals surface area contributed by atoms with Gasteiger partial charge < -0.3 is 10.4 Å². The van der Waals surface area contributed by atoms with Crippen LogP contribution in [0.15, 0.2) is 0 Å². The number of hydrogen-bond acceptors (Lipinski definition) is 2. The molecule has 14 heavy (non-hydrogen) atoms. The first-order chi connectivity index (χ1) is 6.86. The van der Waals surface area contributed by atoms with Gasteiger partial charge in [-0.1, -0.05) is 39.0 Å². The highest BCUT2D eigenvalue weighted by molar-refractivity contribution is 4.78. The molecule has 0 amide bonds. The van der Waals surface area contributed by atoms with Crippen molar-refractivity contribution in [3.05, 3.63) is 0 Å². The third-order valence-corrected chi connectivity index (χ3v) is 3.20. The van der Waals surface area contributed by atoms with Crippen LogP contribution < -0.4 is 5.32 Å². The summed E-state index contributed by atoms with van der Waals surface area (Å²) in [5.41, 5.74) is 0. The average Bonchev–Trinajstić information content (AvgIpc) is 2.69. The Morgan fingerprint density at radius 3 is 2.57 bits per heavy atom. The van der Waals surface area contributed by atoms with Crippen molar-refractivity contribution in [1.29, 1.82) is 0 Å². The summed E-state index contributed by atoms with van der Waals surface area (Å²) >= 11 is 0. The molecule has 1 rings (SSSR count). The SMILES string of the molecule is CCCCCC(CO)NC1CCCC1. The van der Waals surface area contributed by atoms with Crippen LogP contribution in [0.5, 0.6) is 0 Å². The molecule has 0 bridgehead atoms. The quantitative estimate of drug-likeness (QED) is 0.617. The third-order valence-electron chi connectivity index (χ3n) is 3.20. The molecule has 0 heterocycles. The van der Waals surface area contributed by atoms with E-state index in [2.05, 4.69) is 12.2 Å². The highest BCUT2D eigenvalue weighted by Crippen LogP contribution is 2.18. The molecule has 0 aromatic rings. The second kappa shape index (κ2) is 7.24. The van der Waals surface area contributed by atoms with E-state index in [1.54, 1.807) is 0 Å². The molecular formula is C12H25NO. The van der Waals surface area contributed by atoms with Crippen molar-refractivity contribution in [2.75, 3.05) is 6.61 Å². The summed E-state index contributed by atoms with van der Waals surface area (Å²) in [7, 11) is 0. The zero-order valence-electron chi connectivity index (χ0n) is 9.47. The van der Waals surface area contributed by atoms with Crippen molar-refractivity contribution in [2.24, 2.45) is 0 Å². The predicted octanol–water partition coefficient (Wildman–Crippen LogP) is 2.46. The van der Waals surface area contributed by atoms with Crippen LogP contribution in [0.1, 0.15) is 58.3 Å². The highest BCUT2D eigenvalue weighted by atomic mass is 16.3. The first-order valence-electron chi connectivity index (χ1n) is 6.23. The van der Waals surface area contributed by atoms with Crippen LogP contribution in [0, 0.1) is 0 Å². The second-order valence-electron chi connectivity index (χ2n) is 4.52. The first-order valence-corrected chi connectivity index (χ1v) is 6.23. The highest BCUT2D eigenvalue weighted by Gasteiger charge is 2.18. The standard InChI is InChI=1S/C12H25NO/c1-2-3-4-9-12(10-14)13-11-7-5-6-8-11/h11-14H,2-10H2,1H3. The predicted molar refractivity (Wildman–Crippen MR) is 60.4 cm³/mol. The van der Waals surface area contributed by atoms with E-state index in [1.165, 1.54) is 44.9 Å². The monoisotopic (exact) mass is 199 g/mol. The lowest BCUT2D eigenvalue weighted by Crippen LogP contribution is -2.39. The molecule has 1 aliphatic carbocycles. The van der Waals surface area contributed by atoms with Gasteiger partial charge in [0.05, 0.1) is 6.61 Å². The molecule has 0 aromatic heterocycles. The topological polar surface area (TPSA) is 32.3 Å². The second-order valence-corrected chi connectivity index (χ2v) is 4.52. The molecule has 0 aromatic carbocycles. The fraction of sp³-hybridized carbons (Fsp3) is 1.00. The molecule has 84 valence electrons. The van der Waals surface area contributed by atoms with Crippen LogP contribution in [0.3, 0.4) is 0 Å². The average molecular weight is 199 g/mol. The zero-order valence-corrected chi connectivity index (χ0v) is 9.47. The smallest absolute Gasteiger partial charge is 0.0584 e. The molecule has 0 spiro atoms. The Kier molecular flexibility index (Phi) is 6.20. The van der Waals surface area contributed by atoms with E-state index in [4.69, 9.17) is 0 Å². The van der Waals surface area contributed by atoms with Gasteiger partial charge in [-0.05, 0) is 19.3 Å². The van der Waals surface area contributed by atoms with E-state index < -0.39 is 0 Å². The van der Waals surface area contributed by atoms with Gasteiger partial charge in [0.15, 0.2) is 0 Å². The lowest BCUT2D eigenvalue weighted by molar-refractivity contribution is 0.221. The van der Waals surface area contributed by atoms with E-state index in [0.29, 0.717) is 18.7 Å². The number of nitrogens with one attached hydrogen (secondary N) is 1. The van der Waals surface area contributed by atoms with Gasteiger partial charge in [0.2, 0.25) is 0 Å². The Balaban J connectivity index is 2.10. The molecule has 1 atom stereocenters. The lowest BCUT2D eigenvalue weighted by atomic mass is 10.1. The molecule has 2 heteroatoms. The Bertz CT molecular complexity index is 132. The van der Waals surface area contributed by atoms with Gasteiger partial charge >= 0.3 is 0 Å². The molecule has 0 saturated heterocycles. The minimum absolute atomic E-state index is 0.306. The molecule has 1 unspecified atom stereocenters. The fourth-order valence-electron chi connectivity index (χ4n) is 2.29. The van der Waals surface area contributed by atoms with Gasteiger partial charge in [0.1, 0.15) is 0 Å². The molecule has 0 aliphatic heterocycles. The fourth-order valence-corrected chi connectivity index (χ4v) is 2.29. The van der Waals surface area contributed by atoms with Crippen LogP contribution in [0.4, 0.5) is 0 Å². The Labute approximate surface area is 88.1 Å². The van der Waals surface area contributed by atoms with Gasteiger partial charge in [-0.3, -0.25) is 0 Å². The molecule has 1 aliphatic rings. The molecular weight excluding hydrogens is 174 g/mol. The van der Waals surface area contributed by atoms with Crippen LogP contribution in [-0.2, 0) is 0 Å². The maximum absolute atomic E-state index is 9.22. The third kappa shape index (κ3) is 4.43. The van der Waals surface area contributed by atoms with Crippen LogP contribution in [0.25, 0.3) is 0 Å². The van der Waals surface area contributed by atoms with Crippen molar-refractivity contribution >= 4 is 0 Å². The summed E-state index contributed by atoms with van der Waals surface area (Å²) in [6, 6.07) is 1.04. The van der Waals surface area contributed by atoms with Crippen molar-refractivity contribution in [3.63, 3.8) is 0 Å². The lowest BCUT2D eigenvalue weighted by Gasteiger charge is -2.20. The molecule has 1 fully saturated rings. The van der Waals surface area contributed by atoms with Crippen molar-refractivity contribution < 1.29 is 5.11 Å². The molecule has 0 radical (unpaired) electrons. The molecule has 1 saturated carbocycles. The van der Waals surface area contributed by atoms with Crippen LogP contribution in [0.2, 0.25) is 0 Å². The van der Waals surface area contributed by atoms with E-state index in [-0.39, 0.29) is 0 Å². The summed E-state index contributed by atoms with van der Waals surface area (Å²) in [4.78, 5) is 0. The minimum atomic E-state index is 0.306. The normalized spacial score (nSPS) is 20.1. The van der Waals surface area contributed by atoms with Crippen LogP contribution >= 0.6 is 0 Å². The van der Waals surface area contributed by atoms with Gasteiger partial charge in [-0.25, -0.2) is 0 Å². The Hall–Kier alpha value is -0.0800. The summed E-state index contributed by atoms with van der Waals surface area (Å²) < 4.78 is 0. The largest absolute Gasteiger partial charge is 0.395 e. The number of unbranched alkanes of at least 4 members (excludes halogenated alkanes) is 2. The van der Waals surface area contributed by atoms with E-state index in [9.17, 15) is 5.11 Å². The van der Waals surface area contributed by atoms with Crippen LogP contribution in [-0.4, -0.2) is 23.8 Å². The van der Waals surface area contributed by atoms with E-state index in [0.717, 1.165) is 6.42 Å². The number of hydrogen-bond donors (Lipinski definition) is 2. The Morgan fingerprint density at radius 2 is 2.00 bits per heavy atom. The summed E-state index contributed by atoms with van der Waals surface area (Å²) in [6.07, 6.45) is 10.3. The maximum Gasteiger partial charge on any atom is 0.0584 e. The number of aliphatic hydroxyl groups excluding tert-OH is 1. The van der Waals surface area contributed by atoms with Gasteiger partial charge in [0.25, 0.3) is 0 Å². The van der Waals surface area contributed by atoms with Gasteiger partial charge in [-0.15, -0.1) is 0 Å².